The minimum Gasteiger partial charge on any atom is -0.598 e. The first-order valence-corrected chi connectivity index (χ1v) is 9.54. The van der Waals surface area contributed by atoms with Gasteiger partial charge in [-0.1, -0.05) is 13.8 Å². The first-order valence-electron chi connectivity index (χ1n) is 8.39. The summed E-state index contributed by atoms with van der Waals surface area (Å²) in [6, 6.07) is 5.90. The number of aromatic nitrogens is 2. The van der Waals surface area contributed by atoms with Gasteiger partial charge in [0.1, 0.15) is 16.6 Å². The summed E-state index contributed by atoms with van der Waals surface area (Å²) in [5, 5.41) is 9.00. The number of aromatic amines is 1. The number of hydrogen-bond donors (Lipinski definition) is 2. The molecule has 0 spiro atoms. The number of benzene rings is 1. The van der Waals surface area contributed by atoms with E-state index in [1.165, 1.54) is 0 Å². The van der Waals surface area contributed by atoms with Gasteiger partial charge in [0.2, 0.25) is 0 Å². The molecule has 1 heterocycles. The maximum Gasteiger partial charge on any atom is 0.394 e. The average Bonchev–Trinajstić information content (AvgIpc) is 2.94. The topological polar surface area (TPSA) is 87.6 Å². The van der Waals surface area contributed by atoms with Crippen LogP contribution in [0.5, 0.6) is 0 Å². The van der Waals surface area contributed by atoms with Crippen LogP contribution < -0.4 is 4.72 Å². The Labute approximate surface area is 159 Å². The zero-order valence-corrected chi connectivity index (χ0v) is 16.7. The highest BCUT2D eigenvalue weighted by Crippen LogP contribution is 2.44. The maximum atomic E-state index is 13.4. The normalized spacial score (nSPS) is 15.6. The van der Waals surface area contributed by atoms with Crippen LogP contribution in [0.25, 0.3) is 11.0 Å². The van der Waals surface area contributed by atoms with E-state index in [0.29, 0.717) is 16.6 Å². The van der Waals surface area contributed by atoms with E-state index >= 15 is 0 Å². The highest BCUT2D eigenvalue weighted by atomic mass is 32.2. The zero-order valence-electron chi connectivity index (χ0n) is 15.9. The molecular formula is C18H23F3N4OS. The van der Waals surface area contributed by atoms with Crippen molar-refractivity contribution in [3.05, 3.63) is 29.6 Å². The Bertz CT molecular complexity index is 849. The van der Waals surface area contributed by atoms with Crippen LogP contribution in [0, 0.1) is 16.7 Å². The minimum atomic E-state index is -4.42. The Morgan fingerprint density at radius 2 is 1.89 bits per heavy atom. The van der Waals surface area contributed by atoms with Gasteiger partial charge in [-0.25, -0.2) is 4.98 Å². The summed E-state index contributed by atoms with van der Waals surface area (Å²) in [7, 11) is 0. The number of nitrogens with zero attached hydrogens (tertiary/aromatic N) is 2. The van der Waals surface area contributed by atoms with Crippen LogP contribution in [0.2, 0.25) is 0 Å². The molecule has 2 aromatic rings. The number of hydrogen-bond acceptors (Lipinski definition) is 4. The van der Waals surface area contributed by atoms with Crippen LogP contribution in [0.1, 0.15) is 58.5 Å². The van der Waals surface area contributed by atoms with E-state index in [1.807, 2.05) is 6.07 Å². The van der Waals surface area contributed by atoms with Gasteiger partial charge >= 0.3 is 6.18 Å². The average molecular weight is 400 g/mol. The van der Waals surface area contributed by atoms with Crippen LogP contribution in [-0.2, 0) is 11.4 Å². The molecule has 0 radical (unpaired) electrons. The highest BCUT2D eigenvalue weighted by molar-refractivity contribution is 7.90. The summed E-state index contributed by atoms with van der Waals surface area (Å²) in [6.07, 6.45) is -4.76. The quantitative estimate of drug-likeness (QED) is 0.723. The molecule has 2 atom stereocenters. The molecule has 0 unspecified atom stereocenters. The van der Waals surface area contributed by atoms with Gasteiger partial charge in [0.15, 0.2) is 0 Å². The van der Waals surface area contributed by atoms with Gasteiger partial charge in [-0.05, 0) is 45.4 Å². The number of H-pyrrole nitrogens is 1. The molecule has 5 nitrogen and oxygen atoms in total. The molecule has 0 saturated carbocycles. The summed E-state index contributed by atoms with van der Waals surface area (Å²) < 4.78 is 54.9. The lowest BCUT2D eigenvalue weighted by Gasteiger charge is -2.33. The Kier molecular flexibility index (Phi) is 5.85. The van der Waals surface area contributed by atoms with Gasteiger partial charge in [0, 0.05) is 11.4 Å². The van der Waals surface area contributed by atoms with Crippen molar-refractivity contribution in [1.29, 1.82) is 5.26 Å². The van der Waals surface area contributed by atoms with Crippen LogP contribution in [0.15, 0.2) is 18.2 Å². The van der Waals surface area contributed by atoms with Crippen LogP contribution >= 0.6 is 0 Å². The second-order valence-electron chi connectivity index (χ2n) is 8.10. The van der Waals surface area contributed by atoms with Crippen molar-refractivity contribution in [2.75, 3.05) is 0 Å². The summed E-state index contributed by atoms with van der Waals surface area (Å²) in [4.78, 5) is 7.35. The number of alkyl halides is 3. The lowest BCUT2D eigenvalue weighted by atomic mass is 9.85. The summed E-state index contributed by atoms with van der Waals surface area (Å²) in [5.41, 5.74) is -0.535. The predicted octanol–water partition coefficient (Wildman–Crippen LogP) is 4.51. The minimum absolute atomic E-state index is 0.259. The Hall–Kier alpha value is -1.76. The molecule has 9 heteroatoms. The molecule has 0 amide bonds. The highest BCUT2D eigenvalue weighted by Gasteiger charge is 2.49. The molecule has 0 bridgehead atoms. The first-order chi connectivity index (χ1) is 12.2. The lowest BCUT2D eigenvalue weighted by Crippen LogP contribution is -2.44. The maximum absolute atomic E-state index is 13.4. The van der Waals surface area contributed by atoms with Gasteiger partial charge in [0.25, 0.3) is 0 Å². The molecule has 0 aliphatic heterocycles. The largest absolute Gasteiger partial charge is 0.598 e. The van der Waals surface area contributed by atoms with Crippen molar-refractivity contribution in [2.45, 2.75) is 58.0 Å². The van der Waals surface area contributed by atoms with E-state index in [0.717, 1.165) is 13.8 Å². The Morgan fingerprint density at radius 1 is 1.26 bits per heavy atom. The lowest BCUT2D eigenvalue weighted by molar-refractivity contribution is -0.215. The van der Waals surface area contributed by atoms with Gasteiger partial charge < -0.3 is 9.54 Å². The number of halogens is 3. The van der Waals surface area contributed by atoms with Gasteiger partial charge in [-0.15, -0.1) is 4.72 Å². The van der Waals surface area contributed by atoms with Crippen molar-refractivity contribution in [3.63, 3.8) is 0 Å². The fraction of sp³-hybridized carbons (Fsp3) is 0.556. The molecule has 2 rings (SSSR count). The van der Waals surface area contributed by atoms with Crippen LogP contribution in [-0.4, -0.2) is 25.4 Å². The second kappa shape index (κ2) is 7.34. The van der Waals surface area contributed by atoms with E-state index in [1.54, 1.807) is 39.0 Å². The molecule has 1 aromatic heterocycles. The molecule has 2 N–H and O–H groups in total. The van der Waals surface area contributed by atoms with Gasteiger partial charge in [0.05, 0.1) is 28.1 Å². The number of imidazole rings is 1. The SMILES string of the molecule is CC(C)(C)[S@@+]([O-])N[C@@H](CC(C)(C)C(F)(F)F)c1nc2cc(C#N)ccc2[nH]1. The summed E-state index contributed by atoms with van der Waals surface area (Å²) >= 11 is -1.59. The number of nitrogens with one attached hydrogen (secondary N) is 2. The molecule has 0 saturated heterocycles. The number of nitriles is 1. The van der Waals surface area contributed by atoms with Crippen molar-refractivity contribution in [2.24, 2.45) is 5.41 Å². The number of fused-ring (bicyclic) bond motifs is 1. The number of rotatable bonds is 5. The summed E-state index contributed by atoms with van der Waals surface area (Å²) in [6.45, 7) is 7.43. The Balaban J connectivity index is 2.44. The van der Waals surface area contributed by atoms with E-state index in [-0.39, 0.29) is 12.2 Å². The Morgan fingerprint density at radius 3 is 2.41 bits per heavy atom. The smallest absolute Gasteiger partial charge is 0.394 e. The molecule has 148 valence electrons. The zero-order chi connectivity index (χ0) is 20.6. The van der Waals surface area contributed by atoms with E-state index in [2.05, 4.69) is 14.7 Å². The summed E-state index contributed by atoms with van der Waals surface area (Å²) in [5.74, 6) is 0.259. The third kappa shape index (κ3) is 4.94. The van der Waals surface area contributed by atoms with E-state index in [4.69, 9.17) is 5.26 Å². The standard InChI is InChI=1S/C18H23F3N4OS/c1-16(2,3)27(26)25-14(9-17(4,5)18(19,20)21)15-23-12-7-6-11(10-22)8-13(12)24-15/h6-8,14,25H,9H2,1-5H3,(H,23,24)/t14-,27+/m0/s1. The van der Waals surface area contributed by atoms with Crippen molar-refractivity contribution in [1.82, 2.24) is 14.7 Å². The molecule has 0 fully saturated rings. The molecule has 27 heavy (non-hydrogen) atoms. The third-order valence-corrected chi connectivity index (χ3v) is 5.86. The molecule has 1 aromatic carbocycles. The first kappa shape index (κ1) is 21.5. The van der Waals surface area contributed by atoms with Crippen LogP contribution in [0.4, 0.5) is 13.2 Å². The fourth-order valence-corrected chi connectivity index (χ4v) is 3.19. The fourth-order valence-electron chi connectivity index (χ4n) is 2.39. The van der Waals surface area contributed by atoms with Crippen molar-refractivity contribution >= 4 is 22.4 Å². The molecular weight excluding hydrogens is 377 g/mol. The van der Waals surface area contributed by atoms with Crippen molar-refractivity contribution in [3.8, 4) is 6.07 Å². The van der Waals surface area contributed by atoms with Gasteiger partial charge in [-0.2, -0.15) is 18.4 Å². The van der Waals surface area contributed by atoms with Crippen LogP contribution in [0.3, 0.4) is 0 Å². The van der Waals surface area contributed by atoms with Crippen molar-refractivity contribution < 1.29 is 17.7 Å². The monoisotopic (exact) mass is 400 g/mol. The van der Waals surface area contributed by atoms with E-state index in [9.17, 15) is 17.7 Å². The second-order valence-corrected chi connectivity index (χ2v) is 10.1. The molecule has 0 aliphatic rings. The van der Waals surface area contributed by atoms with E-state index < -0.39 is 33.7 Å². The van der Waals surface area contributed by atoms with Gasteiger partial charge in [-0.3, -0.25) is 0 Å². The third-order valence-electron chi connectivity index (χ3n) is 4.25. The molecule has 0 aliphatic carbocycles. The predicted molar refractivity (Wildman–Crippen MR) is 99.0 cm³/mol.